The molecule has 2 heterocycles. The van der Waals surface area contributed by atoms with Crippen LogP contribution in [0.5, 0.6) is 0 Å². The van der Waals surface area contributed by atoms with Crippen molar-refractivity contribution >= 4 is 22.3 Å². The first-order valence-electron chi connectivity index (χ1n) is 9.19. The fourth-order valence-corrected chi connectivity index (χ4v) is 3.94. The summed E-state index contributed by atoms with van der Waals surface area (Å²) in [6, 6.07) is 25.3. The molecule has 1 aliphatic heterocycles. The van der Waals surface area contributed by atoms with Crippen molar-refractivity contribution in [1.82, 2.24) is 9.55 Å². The summed E-state index contributed by atoms with van der Waals surface area (Å²) in [5.41, 5.74) is 5.43. The van der Waals surface area contributed by atoms with Gasteiger partial charge < -0.3 is 4.57 Å². The number of non-ortho nitro benzene ring substituents is 1. The molecule has 5 nitrogen and oxygen atoms in total. The van der Waals surface area contributed by atoms with E-state index in [4.69, 9.17) is 4.98 Å². The zero-order chi connectivity index (χ0) is 19.1. The average molecular weight is 367 g/mol. The lowest BCUT2D eigenvalue weighted by molar-refractivity contribution is -0.384. The van der Waals surface area contributed by atoms with Crippen LogP contribution >= 0.6 is 0 Å². The van der Waals surface area contributed by atoms with E-state index in [1.54, 1.807) is 12.1 Å². The predicted octanol–water partition coefficient (Wildman–Crippen LogP) is 5.37. The second kappa shape index (κ2) is 6.46. The van der Waals surface area contributed by atoms with Crippen LogP contribution in [0.1, 0.15) is 29.4 Å². The van der Waals surface area contributed by atoms with Gasteiger partial charge in [0.05, 0.1) is 22.0 Å². The number of hydrogen-bond acceptors (Lipinski definition) is 3. The summed E-state index contributed by atoms with van der Waals surface area (Å²) >= 11 is 0. The summed E-state index contributed by atoms with van der Waals surface area (Å²) in [4.78, 5) is 15.6. The van der Waals surface area contributed by atoms with Gasteiger partial charge in [0.15, 0.2) is 0 Å². The van der Waals surface area contributed by atoms with Gasteiger partial charge in [-0.1, -0.05) is 60.7 Å². The molecule has 136 valence electrons. The smallest absolute Gasteiger partial charge is 0.269 e. The molecule has 5 rings (SSSR count). The van der Waals surface area contributed by atoms with Gasteiger partial charge in [0, 0.05) is 17.7 Å². The summed E-state index contributed by atoms with van der Waals surface area (Å²) in [7, 11) is 0. The predicted molar refractivity (Wildman–Crippen MR) is 109 cm³/mol. The second-order valence-electron chi connectivity index (χ2n) is 6.88. The highest BCUT2D eigenvalue weighted by Gasteiger charge is 2.27. The number of aromatic nitrogens is 2. The molecule has 5 heteroatoms. The molecule has 0 radical (unpaired) electrons. The Morgan fingerprint density at radius 1 is 0.929 bits per heavy atom. The first-order chi connectivity index (χ1) is 13.7. The summed E-state index contributed by atoms with van der Waals surface area (Å²) in [5.74, 6) is 0.932. The highest BCUT2D eigenvalue weighted by Crippen LogP contribution is 2.38. The van der Waals surface area contributed by atoms with Crippen molar-refractivity contribution in [3.8, 4) is 0 Å². The van der Waals surface area contributed by atoms with Crippen LogP contribution in [-0.2, 0) is 0 Å². The fourth-order valence-electron chi connectivity index (χ4n) is 3.94. The van der Waals surface area contributed by atoms with E-state index in [2.05, 4.69) is 28.8 Å². The van der Waals surface area contributed by atoms with E-state index >= 15 is 0 Å². The molecule has 1 aromatic heterocycles. The number of fused-ring (bicyclic) bond motifs is 3. The normalized spacial score (nSPS) is 15.9. The molecule has 0 fully saturated rings. The molecule has 3 aromatic carbocycles. The molecule has 0 N–H and O–H groups in total. The highest BCUT2D eigenvalue weighted by atomic mass is 16.6. The Labute approximate surface area is 161 Å². The minimum Gasteiger partial charge on any atom is -0.316 e. The Morgan fingerprint density at radius 3 is 2.39 bits per heavy atom. The summed E-state index contributed by atoms with van der Waals surface area (Å²) in [6.07, 6.45) is 3.03. The molecule has 28 heavy (non-hydrogen) atoms. The average Bonchev–Trinajstić information content (AvgIpc) is 3.13. The summed E-state index contributed by atoms with van der Waals surface area (Å²) in [6.45, 7) is 0. The third kappa shape index (κ3) is 2.60. The van der Waals surface area contributed by atoms with Crippen molar-refractivity contribution in [2.24, 2.45) is 0 Å². The maximum Gasteiger partial charge on any atom is 0.269 e. The van der Waals surface area contributed by atoms with Crippen molar-refractivity contribution < 1.29 is 4.92 Å². The van der Waals surface area contributed by atoms with Crippen LogP contribution in [0.2, 0.25) is 0 Å². The number of nitro groups is 1. The number of imidazole rings is 1. The summed E-state index contributed by atoms with van der Waals surface area (Å²) in [5, 5.41) is 11.0. The number of hydrogen-bond donors (Lipinski definition) is 0. The van der Waals surface area contributed by atoms with Crippen molar-refractivity contribution in [3.63, 3.8) is 0 Å². The van der Waals surface area contributed by atoms with Gasteiger partial charge in [-0.15, -0.1) is 0 Å². The molecule has 0 aliphatic carbocycles. The molecule has 0 unspecified atom stereocenters. The number of rotatable bonds is 3. The molecule has 0 spiro atoms. The van der Waals surface area contributed by atoms with Crippen LogP contribution in [0.25, 0.3) is 16.6 Å². The Bertz CT molecular complexity index is 1210. The third-order valence-electron chi connectivity index (χ3n) is 5.27. The van der Waals surface area contributed by atoms with E-state index < -0.39 is 0 Å². The number of nitrogens with zero attached hydrogens (tertiary/aromatic N) is 3. The Balaban J connectivity index is 1.69. The molecule has 1 atom stereocenters. The van der Waals surface area contributed by atoms with Crippen LogP contribution in [0.4, 0.5) is 5.69 Å². The molecule has 0 amide bonds. The third-order valence-corrected chi connectivity index (χ3v) is 5.27. The zero-order valence-electron chi connectivity index (χ0n) is 15.0. The SMILES string of the molecule is O=[N+]([O-])c1ccc([C@@H]2CC=C(c3ccccc3)c3nc4ccccc4n32)cc1. The van der Waals surface area contributed by atoms with E-state index in [0.29, 0.717) is 0 Å². The number of para-hydroxylation sites is 2. The van der Waals surface area contributed by atoms with Crippen molar-refractivity contribution in [3.05, 3.63) is 112 Å². The monoisotopic (exact) mass is 367 g/mol. The van der Waals surface area contributed by atoms with Gasteiger partial charge >= 0.3 is 0 Å². The van der Waals surface area contributed by atoms with Crippen molar-refractivity contribution in [2.75, 3.05) is 0 Å². The van der Waals surface area contributed by atoms with Gasteiger partial charge in [-0.25, -0.2) is 4.98 Å². The van der Waals surface area contributed by atoms with Gasteiger partial charge in [-0.3, -0.25) is 10.1 Å². The zero-order valence-corrected chi connectivity index (χ0v) is 15.0. The van der Waals surface area contributed by atoms with Gasteiger partial charge in [0.1, 0.15) is 5.82 Å². The Kier molecular flexibility index (Phi) is 3.79. The largest absolute Gasteiger partial charge is 0.316 e. The van der Waals surface area contributed by atoms with Gasteiger partial charge in [-0.2, -0.15) is 0 Å². The van der Waals surface area contributed by atoms with Crippen molar-refractivity contribution in [1.29, 1.82) is 0 Å². The number of nitro benzene ring substituents is 1. The van der Waals surface area contributed by atoms with E-state index in [1.807, 2.05) is 48.5 Å². The molecule has 0 bridgehead atoms. The minimum atomic E-state index is -0.365. The van der Waals surface area contributed by atoms with Gasteiger partial charge in [-0.05, 0) is 29.7 Å². The van der Waals surface area contributed by atoms with E-state index in [9.17, 15) is 10.1 Å². The van der Waals surface area contributed by atoms with E-state index in [-0.39, 0.29) is 16.7 Å². The Morgan fingerprint density at radius 2 is 1.64 bits per heavy atom. The fraction of sp³-hybridized carbons (Fsp3) is 0.0870. The topological polar surface area (TPSA) is 61.0 Å². The first kappa shape index (κ1) is 16.4. The second-order valence-corrected chi connectivity index (χ2v) is 6.88. The quantitative estimate of drug-likeness (QED) is 0.361. The van der Waals surface area contributed by atoms with Crippen LogP contribution in [0, 0.1) is 10.1 Å². The van der Waals surface area contributed by atoms with Gasteiger partial charge in [0.2, 0.25) is 0 Å². The first-order valence-corrected chi connectivity index (χ1v) is 9.19. The van der Waals surface area contributed by atoms with Crippen molar-refractivity contribution in [2.45, 2.75) is 12.5 Å². The lowest BCUT2D eigenvalue weighted by Gasteiger charge is -2.26. The molecular formula is C23H17N3O2. The number of allylic oxidation sites excluding steroid dienone is 1. The summed E-state index contributed by atoms with van der Waals surface area (Å²) < 4.78 is 2.26. The molecule has 4 aromatic rings. The van der Waals surface area contributed by atoms with Gasteiger partial charge in [0.25, 0.3) is 5.69 Å². The standard InChI is InChI=1S/C23H17N3O2/c27-26(28)18-12-10-17(11-13-18)21-15-14-19(16-6-2-1-3-7-16)23-24-20-8-4-5-9-22(20)25(21)23/h1-14,21H,15H2/t21-/m0/s1. The lowest BCUT2D eigenvalue weighted by atomic mass is 9.94. The lowest BCUT2D eigenvalue weighted by Crippen LogP contribution is -2.17. The molecule has 0 saturated carbocycles. The maximum absolute atomic E-state index is 11.0. The van der Waals surface area contributed by atoms with E-state index in [1.165, 1.54) is 0 Å². The van der Waals surface area contributed by atoms with Crippen LogP contribution < -0.4 is 0 Å². The molecular weight excluding hydrogens is 350 g/mol. The maximum atomic E-state index is 11.0. The number of benzene rings is 3. The molecule has 0 saturated heterocycles. The molecule has 1 aliphatic rings. The van der Waals surface area contributed by atoms with Crippen LogP contribution in [0.3, 0.4) is 0 Å². The minimum absolute atomic E-state index is 0.0515. The van der Waals surface area contributed by atoms with E-state index in [0.717, 1.165) is 40.0 Å². The van der Waals surface area contributed by atoms with Crippen LogP contribution in [-0.4, -0.2) is 14.5 Å². The van der Waals surface area contributed by atoms with Crippen LogP contribution in [0.15, 0.2) is 84.9 Å². The highest BCUT2D eigenvalue weighted by molar-refractivity contribution is 5.85. The Hall–Kier alpha value is -3.73.